The molecule has 1 heterocycles. The molecule has 1 atom stereocenters. The van der Waals surface area contributed by atoms with E-state index in [1.807, 2.05) is 11.0 Å². The standard InChI is InChI=1S/C14H18N2O3/c1-10(17)11-4-2-5-12(8-11)16-7-3-6-14(15,9-16)13(18)19/h2,4-5,8H,3,6-7,9,15H2,1H3,(H,18,19). The zero-order chi connectivity index (χ0) is 14.0. The predicted molar refractivity (Wildman–Crippen MR) is 72.4 cm³/mol. The summed E-state index contributed by atoms with van der Waals surface area (Å²) in [6.45, 7) is 2.54. The molecule has 1 aliphatic rings. The van der Waals surface area contributed by atoms with E-state index in [1.165, 1.54) is 6.92 Å². The fourth-order valence-corrected chi connectivity index (χ4v) is 2.40. The third-order valence-corrected chi connectivity index (χ3v) is 3.57. The molecule has 5 heteroatoms. The van der Waals surface area contributed by atoms with Crippen molar-refractivity contribution in [2.75, 3.05) is 18.0 Å². The molecule has 2 rings (SSSR count). The van der Waals surface area contributed by atoms with Crippen molar-refractivity contribution in [3.05, 3.63) is 29.8 Å². The quantitative estimate of drug-likeness (QED) is 0.801. The molecule has 19 heavy (non-hydrogen) atoms. The van der Waals surface area contributed by atoms with Crippen molar-refractivity contribution in [3.63, 3.8) is 0 Å². The van der Waals surface area contributed by atoms with E-state index >= 15 is 0 Å². The average Bonchev–Trinajstić information content (AvgIpc) is 2.39. The van der Waals surface area contributed by atoms with Crippen molar-refractivity contribution in [1.82, 2.24) is 0 Å². The van der Waals surface area contributed by atoms with Crippen LogP contribution in [0.5, 0.6) is 0 Å². The monoisotopic (exact) mass is 262 g/mol. The number of carboxylic acid groups (broad SMARTS) is 1. The van der Waals surface area contributed by atoms with E-state index in [-0.39, 0.29) is 12.3 Å². The highest BCUT2D eigenvalue weighted by atomic mass is 16.4. The molecule has 0 spiro atoms. The lowest BCUT2D eigenvalue weighted by atomic mass is 9.90. The summed E-state index contributed by atoms with van der Waals surface area (Å²) < 4.78 is 0. The Hall–Kier alpha value is -1.88. The third kappa shape index (κ3) is 2.76. The number of piperidine rings is 1. The van der Waals surface area contributed by atoms with Gasteiger partial charge >= 0.3 is 5.97 Å². The summed E-state index contributed by atoms with van der Waals surface area (Å²) in [4.78, 5) is 24.5. The molecule has 0 bridgehead atoms. The van der Waals surface area contributed by atoms with Gasteiger partial charge in [0.25, 0.3) is 0 Å². The fraction of sp³-hybridized carbons (Fsp3) is 0.429. The highest BCUT2D eigenvalue weighted by Crippen LogP contribution is 2.25. The minimum atomic E-state index is -1.20. The number of benzene rings is 1. The van der Waals surface area contributed by atoms with Gasteiger partial charge in [-0.25, -0.2) is 0 Å². The van der Waals surface area contributed by atoms with Gasteiger partial charge in [-0.1, -0.05) is 12.1 Å². The van der Waals surface area contributed by atoms with Crippen molar-refractivity contribution in [3.8, 4) is 0 Å². The SMILES string of the molecule is CC(=O)c1cccc(N2CCCC(N)(C(=O)O)C2)c1. The lowest BCUT2D eigenvalue weighted by Gasteiger charge is -2.38. The highest BCUT2D eigenvalue weighted by Gasteiger charge is 2.38. The largest absolute Gasteiger partial charge is 0.480 e. The van der Waals surface area contributed by atoms with Gasteiger partial charge in [0.1, 0.15) is 5.54 Å². The maximum atomic E-state index is 11.4. The van der Waals surface area contributed by atoms with E-state index < -0.39 is 11.5 Å². The van der Waals surface area contributed by atoms with Crippen LogP contribution in [0.2, 0.25) is 0 Å². The molecule has 5 nitrogen and oxygen atoms in total. The Bertz CT molecular complexity index is 515. The van der Waals surface area contributed by atoms with Gasteiger partial charge in [-0.2, -0.15) is 0 Å². The normalized spacial score (nSPS) is 23.2. The zero-order valence-electron chi connectivity index (χ0n) is 10.9. The smallest absolute Gasteiger partial charge is 0.325 e. The molecule has 1 fully saturated rings. The predicted octanol–water partition coefficient (Wildman–Crippen LogP) is 1.27. The second kappa shape index (κ2) is 5.01. The molecule has 3 N–H and O–H groups in total. The van der Waals surface area contributed by atoms with Crippen LogP contribution in [0.3, 0.4) is 0 Å². The summed E-state index contributed by atoms with van der Waals surface area (Å²) in [7, 11) is 0. The van der Waals surface area contributed by atoms with Crippen molar-refractivity contribution >= 4 is 17.4 Å². The Morgan fingerprint density at radius 2 is 2.16 bits per heavy atom. The lowest BCUT2D eigenvalue weighted by molar-refractivity contribution is -0.143. The molecule has 1 unspecified atom stereocenters. The second-order valence-corrected chi connectivity index (χ2v) is 5.09. The second-order valence-electron chi connectivity index (χ2n) is 5.09. The van der Waals surface area contributed by atoms with Crippen LogP contribution in [0.4, 0.5) is 5.69 Å². The van der Waals surface area contributed by atoms with Crippen LogP contribution < -0.4 is 10.6 Å². The minimum absolute atomic E-state index is 0.00361. The zero-order valence-corrected chi connectivity index (χ0v) is 10.9. The molecule has 0 radical (unpaired) electrons. The number of carboxylic acids is 1. The molecule has 102 valence electrons. The van der Waals surface area contributed by atoms with Gasteiger partial charge in [-0.15, -0.1) is 0 Å². The number of carbonyl (C=O) groups excluding carboxylic acids is 1. The molecule has 0 saturated carbocycles. The third-order valence-electron chi connectivity index (χ3n) is 3.57. The van der Waals surface area contributed by atoms with Gasteiger partial charge < -0.3 is 15.7 Å². The first kappa shape index (κ1) is 13.5. The number of ketones is 1. The van der Waals surface area contributed by atoms with E-state index in [9.17, 15) is 14.7 Å². The van der Waals surface area contributed by atoms with Gasteiger partial charge in [0.2, 0.25) is 0 Å². The van der Waals surface area contributed by atoms with Crippen LogP contribution in [0.15, 0.2) is 24.3 Å². The first-order valence-corrected chi connectivity index (χ1v) is 6.31. The Morgan fingerprint density at radius 1 is 1.42 bits per heavy atom. The van der Waals surface area contributed by atoms with Gasteiger partial charge in [0, 0.05) is 24.3 Å². The summed E-state index contributed by atoms with van der Waals surface area (Å²) in [5.74, 6) is -0.976. The minimum Gasteiger partial charge on any atom is -0.480 e. The first-order valence-electron chi connectivity index (χ1n) is 6.31. The number of carbonyl (C=O) groups is 2. The summed E-state index contributed by atoms with van der Waals surface area (Å²) in [5, 5.41) is 9.20. The highest BCUT2D eigenvalue weighted by molar-refractivity contribution is 5.95. The number of aliphatic carboxylic acids is 1. The van der Waals surface area contributed by atoms with Crippen LogP contribution in [-0.4, -0.2) is 35.5 Å². The van der Waals surface area contributed by atoms with Crippen molar-refractivity contribution in [2.24, 2.45) is 5.73 Å². The van der Waals surface area contributed by atoms with Crippen molar-refractivity contribution in [2.45, 2.75) is 25.3 Å². The molecule has 1 aromatic carbocycles. The van der Waals surface area contributed by atoms with Gasteiger partial charge in [-0.3, -0.25) is 9.59 Å². The molecule has 0 amide bonds. The summed E-state index contributed by atoms with van der Waals surface area (Å²) >= 11 is 0. The van der Waals surface area contributed by atoms with E-state index in [4.69, 9.17) is 5.73 Å². The summed E-state index contributed by atoms with van der Waals surface area (Å²) in [5.41, 5.74) is 6.19. The summed E-state index contributed by atoms with van der Waals surface area (Å²) in [6.07, 6.45) is 1.21. The van der Waals surface area contributed by atoms with Crippen molar-refractivity contribution < 1.29 is 14.7 Å². The number of anilines is 1. The van der Waals surface area contributed by atoms with Crippen LogP contribution >= 0.6 is 0 Å². The molecule has 1 aromatic rings. The number of hydrogen-bond donors (Lipinski definition) is 2. The van der Waals surface area contributed by atoms with Crippen LogP contribution in [0.25, 0.3) is 0 Å². The molecule has 1 aliphatic heterocycles. The van der Waals surface area contributed by atoms with E-state index in [0.29, 0.717) is 12.0 Å². The molecular formula is C14H18N2O3. The average molecular weight is 262 g/mol. The first-order chi connectivity index (χ1) is 8.92. The maximum absolute atomic E-state index is 11.4. The number of hydrogen-bond acceptors (Lipinski definition) is 4. The number of nitrogens with zero attached hydrogens (tertiary/aromatic N) is 1. The van der Waals surface area contributed by atoms with Crippen LogP contribution in [-0.2, 0) is 4.79 Å². The topological polar surface area (TPSA) is 83.6 Å². The molecule has 1 saturated heterocycles. The van der Waals surface area contributed by atoms with E-state index in [1.54, 1.807) is 18.2 Å². The molecule has 0 aliphatic carbocycles. The van der Waals surface area contributed by atoms with Crippen LogP contribution in [0, 0.1) is 0 Å². The Kier molecular flexibility index (Phi) is 3.57. The maximum Gasteiger partial charge on any atom is 0.325 e. The Morgan fingerprint density at radius 3 is 2.79 bits per heavy atom. The molecular weight excluding hydrogens is 244 g/mol. The lowest BCUT2D eigenvalue weighted by Crippen LogP contribution is -2.59. The fourth-order valence-electron chi connectivity index (χ4n) is 2.40. The van der Waals surface area contributed by atoms with Gasteiger partial charge in [-0.05, 0) is 31.9 Å². The van der Waals surface area contributed by atoms with E-state index in [0.717, 1.165) is 18.7 Å². The Labute approximate surface area is 112 Å². The number of Topliss-reactive ketones (excluding diaryl/α,β-unsaturated/α-hetero) is 1. The van der Waals surface area contributed by atoms with Crippen molar-refractivity contribution in [1.29, 1.82) is 0 Å². The molecule has 0 aromatic heterocycles. The van der Waals surface area contributed by atoms with Crippen LogP contribution in [0.1, 0.15) is 30.1 Å². The number of nitrogens with two attached hydrogens (primary N) is 1. The summed E-state index contributed by atoms with van der Waals surface area (Å²) in [6, 6.07) is 7.22. The van der Waals surface area contributed by atoms with Gasteiger partial charge in [0.05, 0.1) is 0 Å². The Balaban J connectivity index is 2.24. The number of rotatable bonds is 3. The van der Waals surface area contributed by atoms with Gasteiger partial charge in [0.15, 0.2) is 5.78 Å². The van der Waals surface area contributed by atoms with E-state index in [2.05, 4.69) is 0 Å².